The highest BCUT2D eigenvalue weighted by Gasteiger charge is 2.33. The number of nitrogens with one attached hydrogen (secondary N) is 1. The van der Waals surface area contributed by atoms with Crippen LogP contribution in [0.15, 0.2) is 6.07 Å². The van der Waals surface area contributed by atoms with Crippen molar-refractivity contribution < 1.29 is 9.18 Å². The van der Waals surface area contributed by atoms with Crippen LogP contribution in [0.1, 0.15) is 10.5 Å². The summed E-state index contributed by atoms with van der Waals surface area (Å²) in [5.74, 6) is -1.69. The Kier molecular flexibility index (Phi) is 3.12. The Morgan fingerprint density at radius 1 is 1.46 bits per heavy atom. The van der Waals surface area contributed by atoms with E-state index >= 15 is 0 Å². The number of aromatic nitrogens is 1. The molecule has 0 bridgehead atoms. The Labute approximate surface area is 92.9 Å². The highest BCUT2D eigenvalue weighted by Crippen LogP contribution is 2.31. The fourth-order valence-electron chi connectivity index (χ4n) is 0.679. The fraction of sp³-hybridized carbons (Fsp3) is 0.167. The van der Waals surface area contributed by atoms with Crippen LogP contribution in [0.2, 0.25) is 5.02 Å². The van der Waals surface area contributed by atoms with Gasteiger partial charge in [-0.1, -0.05) is 46.4 Å². The molecule has 0 fully saturated rings. The summed E-state index contributed by atoms with van der Waals surface area (Å²) in [4.78, 5) is 13.2. The Morgan fingerprint density at radius 2 is 2.00 bits per heavy atom. The summed E-state index contributed by atoms with van der Waals surface area (Å²) >= 11 is 21.2. The van der Waals surface area contributed by atoms with Crippen molar-refractivity contribution >= 4 is 52.2 Å². The largest absolute Gasteiger partial charge is 0.328 e. The van der Waals surface area contributed by atoms with E-state index in [-0.39, 0.29) is 10.7 Å². The van der Waals surface area contributed by atoms with Crippen molar-refractivity contribution in [3.8, 4) is 0 Å². The molecule has 0 aliphatic carbocycles. The van der Waals surface area contributed by atoms with Gasteiger partial charge in [0.1, 0.15) is 0 Å². The number of H-pyrrole nitrogens is 1. The molecule has 1 N–H and O–H groups in total. The molecule has 1 aromatic heterocycles. The van der Waals surface area contributed by atoms with Crippen LogP contribution in [0.5, 0.6) is 0 Å². The second-order valence-electron chi connectivity index (χ2n) is 2.17. The topological polar surface area (TPSA) is 32.9 Å². The van der Waals surface area contributed by atoms with Crippen LogP contribution in [-0.2, 0) is 0 Å². The van der Waals surface area contributed by atoms with E-state index < -0.39 is 15.5 Å². The molecule has 0 saturated carbocycles. The first-order valence-electron chi connectivity index (χ1n) is 2.98. The molecule has 0 aliphatic heterocycles. The van der Waals surface area contributed by atoms with Crippen molar-refractivity contribution in [3.63, 3.8) is 0 Å². The van der Waals surface area contributed by atoms with E-state index in [1.807, 2.05) is 4.98 Å². The smallest absolute Gasteiger partial charge is 0.254 e. The molecule has 0 saturated heterocycles. The van der Waals surface area contributed by atoms with Crippen molar-refractivity contribution in [2.75, 3.05) is 0 Å². The van der Waals surface area contributed by atoms with Gasteiger partial charge < -0.3 is 4.98 Å². The van der Waals surface area contributed by atoms with Gasteiger partial charge in [-0.2, -0.15) is 4.39 Å². The van der Waals surface area contributed by atoms with Crippen LogP contribution in [0, 0.1) is 5.95 Å². The first kappa shape index (κ1) is 11.1. The molecule has 0 atom stereocenters. The molecule has 0 aliphatic rings. The molecule has 13 heavy (non-hydrogen) atoms. The van der Waals surface area contributed by atoms with Crippen LogP contribution in [0.3, 0.4) is 0 Å². The van der Waals surface area contributed by atoms with Crippen LogP contribution >= 0.6 is 46.4 Å². The SMILES string of the molecule is O=C(c1cc(Cl)c(F)[nH]1)C(Cl)(Cl)Cl. The lowest BCUT2D eigenvalue weighted by Crippen LogP contribution is -2.19. The van der Waals surface area contributed by atoms with Gasteiger partial charge in [0.2, 0.25) is 11.7 Å². The van der Waals surface area contributed by atoms with Crippen molar-refractivity contribution in [3.05, 3.63) is 22.7 Å². The number of carbonyl (C=O) groups is 1. The van der Waals surface area contributed by atoms with Gasteiger partial charge >= 0.3 is 0 Å². The number of hydrogen-bond donors (Lipinski definition) is 1. The van der Waals surface area contributed by atoms with Crippen LogP contribution in [0.4, 0.5) is 4.39 Å². The third kappa shape index (κ3) is 2.50. The first-order chi connectivity index (χ1) is 5.82. The molecule has 0 spiro atoms. The molecule has 0 aromatic carbocycles. The number of alkyl halides is 3. The summed E-state index contributed by atoms with van der Waals surface area (Å²) in [5, 5.41) is -0.224. The summed E-state index contributed by atoms with van der Waals surface area (Å²) in [6.07, 6.45) is 0. The van der Waals surface area contributed by atoms with E-state index in [0.29, 0.717) is 0 Å². The minimum atomic E-state index is -2.11. The Balaban J connectivity index is 3.03. The van der Waals surface area contributed by atoms with Crippen molar-refractivity contribution in [1.82, 2.24) is 4.98 Å². The van der Waals surface area contributed by atoms with E-state index in [1.165, 1.54) is 0 Å². The summed E-state index contributed by atoms with van der Waals surface area (Å²) in [6, 6.07) is 1.06. The summed E-state index contributed by atoms with van der Waals surface area (Å²) in [7, 11) is 0. The molecule has 72 valence electrons. The summed E-state index contributed by atoms with van der Waals surface area (Å²) < 4.78 is 10.5. The standard InChI is InChI=1S/C6H2Cl4FNO/c7-2-1-3(12-5(2)11)4(13)6(8,9)10/h1,12H. The minimum absolute atomic E-state index is 0.178. The van der Waals surface area contributed by atoms with Gasteiger partial charge in [-0.05, 0) is 6.07 Å². The van der Waals surface area contributed by atoms with Crippen molar-refractivity contribution in [2.45, 2.75) is 3.79 Å². The van der Waals surface area contributed by atoms with Crippen LogP contribution in [-0.4, -0.2) is 14.6 Å². The van der Waals surface area contributed by atoms with Gasteiger partial charge in [-0.15, -0.1) is 0 Å². The number of carbonyl (C=O) groups excluding carboxylic acids is 1. The maximum absolute atomic E-state index is 12.6. The Hall–Kier alpha value is 0.0400. The molecule has 7 heteroatoms. The number of aromatic amines is 1. The zero-order chi connectivity index (χ0) is 10.2. The third-order valence-electron chi connectivity index (χ3n) is 1.23. The average Bonchev–Trinajstić information content (AvgIpc) is 2.29. The van der Waals surface area contributed by atoms with Gasteiger partial charge in [0.05, 0.1) is 10.7 Å². The van der Waals surface area contributed by atoms with E-state index in [0.717, 1.165) is 6.07 Å². The Morgan fingerprint density at radius 3 is 2.31 bits per heavy atom. The van der Waals surface area contributed by atoms with E-state index in [1.54, 1.807) is 0 Å². The number of rotatable bonds is 1. The first-order valence-corrected chi connectivity index (χ1v) is 4.49. The van der Waals surface area contributed by atoms with E-state index in [2.05, 4.69) is 0 Å². The van der Waals surface area contributed by atoms with E-state index in [4.69, 9.17) is 46.4 Å². The molecular formula is C6H2Cl4FNO. The predicted molar refractivity (Wildman–Crippen MR) is 50.4 cm³/mol. The maximum Gasteiger partial charge on any atom is 0.254 e. The number of ketones is 1. The van der Waals surface area contributed by atoms with Crippen molar-refractivity contribution in [1.29, 1.82) is 0 Å². The van der Waals surface area contributed by atoms with Crippen molar-refractivity contribution in [2.24, 2.45) is 0 Å². The lowest BCUT2D eigenvalue weighted by Gasteiger charge is -2.06. The quantitative estimate of drug-likeness (QED) is 0.612. The molecule has 0 radical (unpaired) electrons. The second-order valence-corrected chi connectivity index (χ2v) is 4.86. The normalized spacial score (nSPS) is 11.8. The van der Waals surface area contributed by atoms with Gasteiger partial charge in [-0.3, -0.25) is 4.79 Å². The summed E-state index contributed by atoms with van der Waals surface area (Å²) in [6.45, 7) is 0. The van der Waals surface area contributed by atoms with Gasteiger partial charge in [0.15, 0.2) is 0 Å². The minimum Gasteiger partial charge on any atom is -0.328 e. The van der Waals surface area contributed by atoms with Crippen LogP contribution < -0.4 is 0 Å². The monoisotopic (exact) mass is 263 g/mol. The fourth-order valence-corrected chi connectivity index (χ4v) is 1.14. The molecule has 1 aromatic rings. The average molecular weight is 265 g/mol. The van der Waals surface area contributed by atoms with Gasteiger partial charge in [0, 0.05) is 0 Å². The molecule has 1 rings (SSSR count). The third-order valence-corrected chi connectivity index (χ3v) is 2.02. The summed E-state index contributed by atoms with van der Waals surface area (Å²) in [5.41, 5.74) is -0.178. The predicted octanol–water partition coefficient (Wildman–Crippen LogP) is 3.36. The van der Waals surface area contributed by atoms with E-state index in [9.17, 15) is 9.18 Å². The highest BCUT2D eigenvalue weighted by molar-refractivity contribution is 6.77. The van der Waals surface area contributed by atoms with Gasteiger partial charge in [-0.25, -0.2) is 0 Å². The molecule has 2 nitrogen and oxygen atoms in total. The maximum atomic E-state index is 12.6. The zero-order valence-electron chi connectivity index (χ0n) is 5.88. The zero-order valence-corrected chi connectivity index (χ0v) is 8.90. The number of Topliss-reactive ketones (excluding diaryl/α,β-unsaturated/α-hetero) is 1. The second kappa shape index (κ2) is 3.65. The lowest BCUT2D eigenvalue weighted by atomic mass is 10.3. The lowest BCUT2D eigenvalue weighted by molar-refractivity contribution is 0.0991. The van der Waals surface area contributed by atoms with Crippen LogP contribution in [0.25, 0.3) is 0 Å². The molecule has 0 amide bonds. The Bertz CT molecular complexity index is 323. The number of halogens is 5. The number of hydrogen-bond acceptors (Lipinski definition) is 1. The molecular weight excluding hydrogens is 263 g/mol. The molecule has 1 heterocycles. The highest BCUT2D eigenvalue weighted by atomic mass is 35.6. The van der Waals surface area contributed by atoms with Gasteiger partial charge in [0.25, 0.3) is 3.79 Å². The molecule has 0 unspecified atom stereocenters.